The summed E-state index contributed by atoms with van der Waals surface area (Å²) in [5.41, 5.74) is 1.01. The zero-order chi connectivity index (χ0) is 11.0. The van der Waals surface area contributed by atoms with Crippen molar-refractivity contribution in [2.24, 2.45) is 7.05 Å². The van der Waals surface area contributed by atoms with Crippen LogP contribution in [0.3, 0.4) is 0 Å². The van der Waals surface area contributed by atoms with Crippen molar-refractivity contribution in [2.45, 2.75) is 0 Å². The van der Waals surface area contributed by atoms with Crippen LogP contribution in [0.4, 0.5) is 8.78 Å². The van der Waals surface area contributed by atoms with E-state index in [9.17, 15) is 8.78 Å². The minimum atomic E-state index is -0.894. The highest BCUT2D eigenvalue weighted by Crippen LogP contribution is 2.22. The van der Waals surface area contributed by atoms with Gasteiger partial charge in [0.1, 0.15) is 5.15 Å². The molecule has 0 aliphatic heterocycles. The van der Waals surface area contributed by atoms with Crippen LogP contribution >= 0.6 is 11.6 Å². The van der Waals surface area contributed by atoms with Gasteiger partial charge in [-0.05, 0) is 18.2 Å². The first-order chi connectivity index (χ1) is 7.08. The average Bonchev–Trinajstić information content (AvgIpc) is 2.52. The SMILES string of the molecule is Cn1nc(-c2ccc(F)c(F)c2)cc1Cl. The quantitative estimate of drug-likeness (QED) is 0.734. The van der Waals surface area contributed by atoms with Gasteiger partial charge in [0.2, 0.25) is 0 Å². The summed E-state index contributed by atoms with van der Waals surface area (Å²) in [7, 11) is 1.67. The van der Waals surface area contributed by atoms with Gasteiger partial charge >= 0.3 is 0 Å². The largest absolute Gasteiger partial charge is 0.256 e. The van der Waals surface area contributed by atoms with E-state index >= 15 is 0 Å². The summed E-state index contributed by atoms with van der Waals surface area (Å²) in [6.07, 6.45) is 0. The molecule has 15 heavy (non-hydrogen) atoms. The molecule has 0 saturated heterocycles. The smallest absolute Gasteiger partial charge is 0.159 e. The Morgan fingerprint density at radius 3 is 2.47 bits per heavy atom. The summed E-state index contributed by atoms with van der Waals surface area (Å²) in [5, 5.41) is 4.49. The Balaban J connectivity index is 2.49. The summed E-state index contributed by atoms with van der Waals surface area (Å²) in [4.78, 5) is 0. The fourth-order valence-corrected chi connectivity index (χ4v) is 1.38. The molecule has 2 nitrogen and oxygen atoms in total. The molecule has 2 aromatic rings. The van der Waals surface area contributed by atoms with Crippen molar-refractivity contribution in [3.8, 4) is 11.3 Å². The second-order valence-corrected chi connectivity index (χ2v) is 3.49. The van der Waals surface area contributed by atoms with Gasteiger partial charge in [-0.2, -0.15) is 5.10 Å². The minimum Gasteiger partial charge on any atom is -0.256 e. The molecule has 0 aliphatic rings. The lowest BCUT2D eigenvalue weighted by molar-refractivity contribution is 0.509. The van der Waals surface area contributed by atoms with Gasteiger partial charge in [-0.25, -0.2) is 8.78 Å². The molecule has 0 radical (unpaired) electrons. The second-order valence-electron chi connectivity index (χ2n) is 3.10. The van der Waals surface area contributed by atoms with Gasteiger partial charge in [-0.1, -0.05) is 11.6 Å². The van der Waals surface area contributed by atoms with E-state index in [0.717, 1.165) is 12.1 Å². The standard InChI is InChI=1S/C10H7ClF2N2/c1-15-10(11)5-9(14-15)6-2-3-7(12)8(13)4-6/h2-5H,1H3. The number of aryl methyl sites for hydroxylation is 1. The van der Waals surface area contributed by atoms with E-state index in [0.29, 0.717) is 16.4 Å². The van der Waals surface area contributed by atoms with Crippen LogP contribution in [0.5, 0.6) is 0 Å². The van der Waals surface area contributed by atoms with Gasteiger partial charge in [0.05, 0.1) is 5.69 Å². The Morgan fingerprint density at radius 1 is 1.20 bits per heavy atom. The van der Waals surface area contributed by atoms with Crippen LogP contribution in [0, 0.1) is 11.6 Å². The van der Waals surface area contributed by atoms with Crippen molar-refractivity contribution in [3.63, 3.8) is 0 Å². The highest BCUT2D eigenvalue weighted by Gasteiger charge is 2.08. The first kappa shape index (κ1) is 10.1. The molecular weight excluding hydrogens is 222 g/mol. The van der Waals surface area contributed by atoms with Crippen molar-refractivity contribution in [1.82, 2.24) is 9.78 Å². The maximum atomic E-state index is 12.9. The highest BCUT2D eigenvalue weighted by atomic mass is 35.5. The van der Waals surface area contributed by atoms with Crippen molar-refractivity contribution in [3.05, 3.63) is 41.1 Å². The van der Waals surface area contributed by atoms with Crippen molar-refractivity contribution >= 4 is 11.6 Å². The van der Waals surface area contributed by atoms with Crippen LogP contribution in [0.15, 0.2) is 24.3 Å². The van der Waals surface area contributed by atoms with Crippen LogP contribution in [0.2, 0.25) is 5.15 Å². The van der Waals surface area contributed by atoms with E-state index in [1.54, 1.807) is 13.1 Å². The number of hydrogen-bond acceptors (Lipinski definition) is 1. The Bertz CT molecular complexity index is 489. The third-order valence-corrected chi connectivity index (χ3v) is 2.39. The van der Waals surface area contributed by atoms with Gasteiger partial charge < -0.3 is 0 Å². The van der Waals surface area contributed by atoms with Crippen molar-refractivity contribution < 1.29 is 8.78 Å². The molecule has 0 N–H and O–H groups in total. The van der Waals surface area contributed by atoms with E-state index in [4.69, 9.17) is 11.6 Å². The Kier molecular flexibility index (Phi) is 2.44. The Morgan fingerprint density at radius 2 is 1.93 bits per heavy atom. The number of rotatable bonds is 1. The van der Waals surface area contributed by atoms with Gasteiger partial charge in [-0.15, -0.1) is 0 Å². The fourth-order valence-electron chi connectivity index (χ4n) is 1.24. The van der Waals surface area contributed by atoms with E-state index in [-0.39, 0.29) is 0 Å². The molecule has 0 atom stereocenters. The molecule has 5 heteroatoms. The predicted molar refractivity (Wildman–Crippen MR) is 53.6 cm³/mol. The maximum Gasteiger partial charge on any atom is 0.159 e. The molecule has 1 aromatic heterocycles. The first-order valence-electron chi connectivity index (χ1n) is 4.23. The lowest BCUT2D eigenvalue weighted by atomic mass is 10.1. The zero-order valence-electron chi connectivity index (χ0n) is 7.84. The van der Waals surface area contributed by atoms with Crippen molar-refractivity contribution in [1.29, 1.82) is 0 Å². The Labute approximate surface area is 90.1 Å². The van der Waals surface area contributed by atoms with Crippen LogP contribution < -0.4 is 0 Å². The number of hydrogen-bond donors (Lipinski definition) is 0. The topological polar surface area (TPSA) is 17.8 Å². The van der Waals surface area contributed by atoms with Crippen LogP contribution in [-0.2, 0) is 7.05 Å². The monoisotopic (exact) mass is 228 g/mol. The van der Waals surface area contributed by atoms with Crippen LogP contribution in [0.1, 0.15) is 0 Å². The molecule has 78 valence electrons. The van der Waals surface area contributed by atoms with E-state index in [2.05, 4.69) is 5.10 Å². The summed E-state index contributed by atoms with van der Waals surface area (Å²) < 4.78 is 27.1. The van der Waals surface area contributed by atoms with Gasteiger partial charge in [-0.3, -0.25) is 4.68 Å². The number of benzene rings is 1. The molecule has 0 unspecified atom stereocenters. The highest BCUT2D eigenvalue weighted by molar-refractivity contribution is 6.29. The molecular formula is C10H7ClF2N2. The van der Waals surface area contributed by atoms with Crippen LogP contribution in [0.25, 0.3) is 11.3 Å². The van der Waals surface area contributed by atoms with Crippen LogP contribution in [-0.4, -0.2) is 9.78 Å². The van der Waals surface area contributed by atoms with Gasteiger partial charge in [0.15, 0.2) is 11.6 Å². The first-order valence-corrected chi connectivity index (χ1v) is 4.60. The Hall–Kier alpha value is -1.42. The zero-order valence-corrected chi connectivity index (χ0v) is 8.59. The maximum absolute atomic E-state index is 12.9. The molecule has 1 aromatic carbocycles. The van der Waals surface area contributed by atoms with Gasteiger partial charge in [0.25, 0.3) is 0 Å². The molecule has 0 spiro atoms. The van der Waals surface area contributed by atoms with E-state index in [1.165, 1.54) is 10.7 Å². The van der Waals surface area contributed by atoms with Crippen molar-refractivity contribution in [2.75, 3.05) is 0 Å². The van der Waals surface area contributed by atoms with E-state index in [1.807, 2.05) is 0 Å². The summed E-state index contributed by atoms with van der Waals surface area (Å²) >= 11 is 5.78. The number of aromatic nitrogens is 2. The second kappa shape index (κ2) is 3.62. The normalized spacial score (nSPS) is 10.7. The summed E-state index contributed by atoms with van der Waals surface area (Å²) in [6, 6.07) is 5.20. The molecule has 0 amide bonds. The number of halogens is 3. The average molecular weight is 229 g/mol. The molecule has 0 aliphatic carbocycles. The molecule has 1 heterocycles. The molecule has 0 fully saturated rings. The lowest BCUT2D eigenvalue weighted by Gasteiger charge is -1.97. The molecule has 0 bridgehead atoms. The fraction of sp³-hybridized carbons (Fsp3) is 0.100. The third-order valence-electron chi connectivity index (χ3n) is 2.04. The number of nitrogens with zero attached hydrogens (tertiary/aromatic N) is 2. The summed E-state index contributed by atoms with van der Waals surface area (Å²) in [5.74, 6) is -1.77. The lowest BCUT2D eigenvalue weighted by Crippen LogP contribution is -1.90. The van der Waals surface area contributed by atoms with Gasteiger partial charge in [0, 0.05) is 18.7 Å². The van der Waals surface area contributed by atoms with E-state index < -0.39 is 11.6 Å². The molecule has 2 rings (SSSR count). The summed E-state index contributed by atoms with van der Waals surface area (Å²) in [6.45, 7) is 0. The predicted octanol–water partition coefficient (Wildman–Crippen LogP) is 3.02. The molecule has 0 saturated carbocycles. The minimum absolute atomic E-state index is 0.440. The third kappa shape index (κ3) is 1.85.